The van der Waals surface area contributed by atoms with Crippen LogP contribution in [0.4, 0.5) is 5.82 Å². The van der Waals surface area contributed by atoms with Crippen LogP contribution in [0.3, 0.4) is 0 Å². The summed E-state index contributed by atoms with van der Waals surface area (Å²) in [5.74, 6) is 2.92. The van der Waals surface area contributed by atoms with Crippen LogP contribution in [-0.4, -0.2) is 35.0 Å². The van der Waals surface area contributed by atoms with Crippen molar-refractivity contribution in [1.82, 2.24) is 9.97 Å². The Kier molecular flexibility index (Phi) is 4.64. The molecule has 0 bridgehead atoms. The van der Waals surface area contributed by atoms with Gasteiger partial charge in [-0.1, -0.05) is 0 Å². The van der Waals surface area contributed by atoms with Gasteiger partial charge in [-0.15, -0.1) is 11.6 Å². The number of halogens is 1. The van der Waals surface area contributed by atoms with Gasteiger partial charge in [0.25, 0.3) is 0 Å². The number of alkyl halides is 1. The average Bonchev–Trinajstić information content (AvgIpc) is 2.78. The first-order valence-electron chi connectivity index (χ1n) is 6.48. The van der Waals surface area contributed by atoms with E-state index in [4.69, 9.17) is 16.3 Å². The second-order valence-corrected chi connectivity index (χ2v) is 5.34. The largest absolute Gasteiger partial charge is 0.474 e. The zero-order valence-electron chi connectivity index (χ0n) is 11.0. The fraction of sp³-hybridized carbons (Fsp3) is 0.692. The minimum atomic E-state index is 0.122. The summed E-state index contributed by atoms with van der Waals surface area (Å²) in [7, 11) is 0. The van der Waals surface area contributed by atoms with Gasteiger partial charge in [0.15, 0.2) is 5.82 Å². The first kappa shape index (κ1) is 13.4. The predicted octanol–water partition coefficient (Wildman–Crippen LogP) is 2.72. The summed E-state index contributed by atoms with van der Waals surface area (Å²) in [6.45, 7) is 6.02. The van der Waals surface area contributed by atoms with Gasteiger partial charge in [-0.25, -0.2) is 0 Å². The molecular formula is C13H20ClN3O. The molecular weight excluding hydrogens is 250 g/mol. The summed E-state index contributed by atoms with van der Waals surface area (Å²) in [5, 5.41) is 0. The van der Waals surface area contributed by atoms with E-state index >= 15 is 0 Å². The number of nitrogens with zero attached hydrogens (tertiary/aromatic N) is 3. The SMILES string of the molecule is CC(C)Oc1cncc(N2CCC(CCCl)C2)n1. The molecule has 0 aliphatic carbocycles. The van der Waals surface area contributed by atoms with Gasteiger partial charge in [0.2, 0.25) is 5.88 Å². The molecule has 1 fully saturated rings. The van der Waals surface area contributed by atoms with Crippen LogP contribution < -0.4 is 9.64 Å². The molecule has 0 amide bonds. The molecule has 1 aliphatic heterocycles. The van der Waals surface area contributed by atoms with E-state index in [1.807, 2.05) is 13.8 Å². The van der Waals surface area contributed by atoms with Gasteiger partial charge in [-0.3, -0.25) is 4.98 Å². The third-order valence-corrected chi connectivity index (χ3v) is 3.30. The summed E-state index contributed by atoms with van der Waals surface area (Å²) >= 11 is 5.79. The van der Waals surface area contributed by atoms with Crippen LogP contribution in [0, 0.1) is 5.92 Å². The zero-order chi connectivity index (χ0) is 13.0. The first-order valence-corrected chi connectivity index (χ1v) is 7.02. The maximum absolute atomic E-state index is 5.79. The lowest BCUT2D eigenvalue weighted by Gasteiger charge is -2.18. The average molecular weight is 270 g/mol. The van der Waals surface area contributed by atoms with Crippen LogP contribution in [0.5, 0.6) is 5.88 Å². The number of aromatic nitrogens is 2. The molecule has 0 N–H and O–H groups in total. The summed E-state index contributed by atoms with van der Waals surface area (Å²) in [4.78, 5) is 11.0. The molecule has 1 atom stereocenters. The molecule has 4 nitrogen and oxygen atoms in total. The quantitative estimate of drug-likeness (QED) is 0.771. The standard InChI is InChI=1S/C13H20ClN3O/c1-10(2)18-13-8-15-7-12(16-13)17-6-4-11(9-17)3-5-14/h7-8,10-11H,3-6,9H2,1-2H3. The molecule has 1 aliphatic rings. The molecule has 1 unspecified atom stereocenters. The van der Waals surface area contributed by atoms with Crippen molar-refractivity contribution in [3.8, 4) is 5.88 Å². The summed E-state index contributed by atoms with van der Waals surface area (Å²) in [5.41, 5.74) is 0. The molecule has 0 spiro atoms. The summed E-state index contributed by atoms with van der Waals surface area (Å²) < 4.78 is 5.57. The van der Waals surface area contributed by atoms with Crippen LogP contribution in [0.1, 0.15) is 26.7 Å². The van der Waals surface area contributed by atoms with E-state index in [-0.39, 0.29) is 6.10 Å². The monoisotopic (exact) mass is 269 g/mol. The van der Waals surface area contributed by atoms with Gasteiger partial charge in [0, 0.05) is 19.0 Å². The Bertz CT molecular complexity index is 386. The Hall–Kier alpha value is -1.03. The van der Waals surface area contributed by atoms with Crippen molar-refractivity contribution in [2.45, 2.75) is 32.8 Å². The van der Waals surface area contributed by atoms with Gasteiger partial charge in [0.05, 0.1) is 18.5 Å². The molecule has 1 aromatic heterocycles. The number of hydrogen-bond acceptors (Lipinski definition) is 4. The van der Waals surface area contributed by atoms with E-state index in [2.05, 4.69) is 14.9 Å². The highest BCUT2D eigenvalue weighted by atomic mass is 35.5. The second-order valence-electron chi connectivity index (χ2n) is 4.96. The summed E-state index contributed by atoms with van der Waals surface area (Å²) in [6.07, 6.45) is 5.85. The predicted molar refractivity (Wildman–Crippen MR) is 73.5 cm³/mol. The van der Waals surface area contributed by atoms with E-state index in [9.17, 15) is 0 Å². The third kappa shape index (κ3) is 3.48. The minimum Gasteiger partial charge on any atom is -0.474 e. The van der Waals surface area contributed by atoms with Crippen molar-refractivity contribution in [3.05, 3.63) is 12.4 Å². The van der Waals surface area contributed by atoms with Crippen LogP contribution >= 0.6 is 11.6 Å². The Morgan fingerprint density at radius 2 is 2.33 bits per heavy atom. The van der Waals surface area contributed by atoms with Crippen molar-refractivity contribution in [1.29, 1.82) is 0 Å². The van der Waals surface area contributed by atoms with E-state index in [0.29, 0.717) is 11.8 Å². The maximum atomic E-state index is 5.79. The topological polar surface area (TPSA) is 38.2 Å². The molecule has 0 saturated carbocycles. The van der Waals surface area contributed by atoms with Crippen molar-refractivity contribution in [3.63, 3.8) is 0 Å². The smallest absolute Gasteiger partial charge is 0.234 e. The lowest BCUT2D eigenvalue weighted by Crippen LogP contribution is -2.21. The molecule has 18 heavy (non-hydrogen) atoms. The lowest BCUT2D eigenvalue weighted by molar-refractivity contribution is 0.231. The molecule has 1 saturated heterocycles. The van der Waals surface area contributed by atoms with Crippen LogP contribution in [0.15, 0.2) is 12.4 Å². The lowest BCUT2D eigenvalue weighted by atomic mass is 10.1. The third-order valence-electron chi connectivity index (χ3n) is 3.08. The number of hydrogen-bond donors (Lipinski definition) is 0. The van der Waals surface area contributed by atoms with Crippen molar-refractivity contribution in [2.24, 2.45) is 5.92 Å². The van der Waals surface area contributed by atoms with Gasteiger partial charge < -0.3 is 9.64 Å². The Morgan fingerprint density at radius 1 is 1.50 bits per heavy atom. The second kappa shape index (κ2) is 6.23. The Morgan fingerprint density at radius 3 is 3.06 bits per heavy atom. The fourth-order valence-electron chi connectivity index (χ4n) is 2.22. The van der Waals surface area contributed by atoms with Gasteiger partial charge >= 0.3 is 0 Å². The van der Waals surface area contributed by atoms with Gasteiger partial charge in [-0.2, -0.15) is 4.98 Å². The Balaban J connectivity index is 2.01. The number of ether oxygens (including phenoxy) is 1. The zero-order valence-corrected chi connectivity index (χ0v) is 11.7. The normalized spacial score (nSPS) is 19.6. The van der Waals surface area contributed by atoms with Crippen LogP contribution in [0.25, 0.3) is 0 Å². The van der Waals surface area contributed by atoms with E-state index in [1.54, 1.807) is 12.4 Å². The highest BCUT2D eigenvalue weighted by Crippen LogP contribution is 2.25. The molecule has 2 heterocycles. The highest BCUT2D eigenvalue weighted by molar-refractivity contribution is 6.17. The molecule has 0 radical (unpaired) electrons. The van der Waals surface area contributed by atoms with Crippen molar-refractivity contribution < 1.29 is 4.74 Å². The molecule has 1 aromatic rings. The summed E-state index contributed by atoms with van der Waals surface area (Å²) in [6, 6.07) is 0. The maximum Gasteiger partial charge on any atom is 0.234 e. The Labute approximate surface area is 113 Å². The van der Waals surface area contributed by atoms with Gasteiger partial charge in [0.1, 0.15) is 0 Å². The molecule has 0 aromatic carbocycles. The first-order chi connectivity index (χ1) is 8.69. The van der Waals surface area contributed by atoms with E-state index < -0.39 is 0 Å². The molecule has 100 valence electrons. The number of anilines is 1. The molecule has 2 rings (SSSR count). The number of rotatable bonds is 5. The minimum absolute atomic E-state index is 0.122. The van der Waals surface area contributed by atoms with Crippen molar-refractivity contribution in [2.75, 3.05) is 23.9 Å². The van der Waals surface area contributed by atoms with E-state index in [1.165, 1.54) is 6.42 Å². The highest BCUT2D eigenvalue weighted by Gasteiger charge is 2.23. The van der Waals surface area contributed by atoms with Crippen LogP contribution in [0.2, 0.25) is 0 Å². The molecule has 5 heteroatoms. The van der Waals surface area contributed by atoms with Crippen molar-refractivity contribution >= 4 is 17.4 Å². The van der Waals surface area contributed by atoms with Crippen LogP contribution in [-0.2, 0) is 0 Å². The van der Waals surface area contributed by atoms with E-state index in [0.717, 1.165) is 31.2 Å². The fourth-order valence-corrected chi connectivity index (χ4v) is 2.53. The van der Waals surface area contributed by atoms with Gasteiger partial charge in [-0.05, 0) is 32.6 Å².